The molecule has 3 aromatic rings. The van der Waals surface area contributed by atoms with Gasteiger partial charge in [-0.1, -0.05) is 30.3 Å². The SMILES string of the molecule is CCN(c1ccccc1)S(=O)(=O)c1ccc(NCC(=O)c2ccc(C)c(F)c2)cc1. The van der Waals surface area contributed by atoms with Gasteiger partial charge in [0.15, 0.2) is 5.78 Å². The second kappa shape index (κ2) is 9.09. The topological polar surface area (TPSA) is 66.5 Å². The highest BCUT2D eigenvalue weighted by molar-refractivity contribution is 7.92. The van der Waals surface area contributed by atoms with Gasteiger partial charge in [0.05, 0.1) is 17.1 Å². The molecule has 0 heterocycles. The van der Waals surface area contributed by atoms with Crippen LogP contribution in [0, 0.1) is 12.7 Å². The zero-order valence-electron chi connectivity index (χ0n) is 16.8. The van der Waals surface area contributed by atoms with Crippen LogP contribution in [0.5, 0.6) is 0 Å². The van der Waals surface area contributed by atoms with Crippen LogP contribution in [0.3, 0.4) is 0 Å². The molecule has 0 fully saturated rings. The van der Waals surface area contributed by atoms with Gasteiger partial charge in [0, 0.05) is 17.8 Å². The summed E-state index contributed by atoms with van der Waals surface area (Å²) >= 11 is 0. The van der Waals surface area contributed by atoms with Gasteiger partial charge in [-0.05, 0) is 61.9 Å². The highest BCUT2D eigenvalue weighted by atomic mass is 32.2. The number of benzene rings is 3. The third-order valence-corrected chi connectivity index (χ3v) is 6.64. The van der Waals surface area contributed by atoms with E-state index in [4.69, 9.17) is 0 Å². The average molecular weight is 427 g/mol. The van der Waals surface area contributed by atoms with Crippen molar-refractivity contribution in [1.82, 2.24) is 0 Å². The number of hydrogen-bond acceptors (Lipinski definition) is 4. The van der Waals surface area contributed by atoms with E-state index >= 15 is 0 Å². The number of aryl methyl sites for hydroxylation is 1. The fraction of sp³-hybridized carbons (Fsp3) is 0.174. The van der Waals surface area contributed by atoms with E-state index in [1.165, 1.54) is 22.5 Å². The minimum atomic E-state index is -3.71. The van der Waals surface area contributed by atoms with Gasteiger partial charge in [-0.15, -0.1) is 0 Å². The maximum absolute atomic E-state index is 13.6. The van der Waals surface area contributed by atoms with E-state index in [1.54, 1.807) is 62.4 Å². The lowest BCUT2D eigenvalue weighted by molar-refractivity contribution is 0.101. The molecule has 156 valence electrons. The lowest BCUT2D eigenvalue weighted by atomic mass is 10.1. The van der Waals surface area contributed by atoms with Gasteiger partial charge in [0.1, 0.15) is 5.82 Å². The summed E-state index contributed by atoms with van der Waals surface area (Å²) in [7, 11) is -3.71. The van der Waals surface area contributed by atoms with Crippen LogP contribution in [0.1, 0.15) is 22.8 Å². The minimum absolute atomic E-state index is 0.0281. The van der Waals surface area contributed by atoms with Gasteiger partial charge < -0.3 is 5.32 Å². The van der Waals surface area contributed by atoms with Crippen molar-refractivity contribution in [2.24, 2.45) is 0 Å². The molecule has 0 atom stereocenters. The Bertz CT molecular complexity index is 1130. The van der Waals surface area contributed by atoms with Crippen molar-refractivity contribution in [2.75, 3.05) is 22.7 Å². The number of anilines is 2. The number of sulfonamides is 1. The summed E-state index contributed by atoms with van der Waals surface area (Å²) in [6.45, 7) is 3.68. The molecular weight excluding hydrogens is 403 g/mol. The summed E-state index contributed by atoms with van der Waals surface area (Å²) in [5.41, 5.74) is 1.95. The zero-order valence-corrected chi connectivity index (χ0v) is 17.6. The molecule has 1 N–H and O–H groups in total. The number of hydrogen-bond donors (Lipinski definition) is 1. The van der Waals surface area contributed by atoms with Gasteiger partial charge in [0.25, 0.3) is 10.0 Å². The van der Waals surface area contributed by atoms with Crippen molar-refractivity contribution in [3.63, 3.8) is 0 Å². The summed E-state index contributed by atoms with van der Waals surface area (Å²) < 4.78 is 41.0. The molecule has 5 nitrogen and oxygen atoms in total. The first-order valence-electron chi connectivity index (χ1n) is 9.54. The van der Waals surface area contributed by atoms with Crippen molar-refractivity contribution in [3.05, 3.63) is 89.7 Å². The fourth-order valence-corrected chi connectivity index (χ4v) is 4.48. The molecule has 0 aromatic heterocycles. The molecule has 0 unspecified atom stereocenters. The van der Waals surface area contributed by atoms with E-state index in [-0.39, 0.29) is 22.8 Å². The first-order valence-corrected chi connectivity index (χ1v) is 11.0. The molecule has 3 rings (SSSR count). The Kier molecular flexibility index (Phi) is 6.52. The molecule has 0 aliphatic rings. The van der Waals surface area contributed by atoms with E-state index < -0.39 is 15.8 Å². The van der Waals surface area contributed by atoms with Crippen LogP contribution >= 0.6 is 0 Å². The molecule has 0 saturated carbocycles. The number of carbonyl (C=O) groups is 1. The Morgan fingerprint density at radius 2 is 1.67 bits per heavy atom. The Balaban J connectivity index is 1.71. The second-order valence-electron chi connectivity index (χ2n) is 6.77. The number of carbonyl (C=O) groups excluding carboxylic acids is 1. The minimum Gasteiger partial charge on any atom is -0.378 e. The quantitative estimate of drug-likeness (QED) is 0.533. The number of nitrogens with zero attached hydrogens (tertiary/aromatic N) is 1. The third kappa shape index (κ3) is 4.68. The number of halogens is 1. The van der Waals surface area contributed by atoms with E-state index in [1.807, 2.05) is 6.07 Å². The largest absolute Gasteiger partial charge is 0.378 e. The Labute approximate surface area is 176 Å². The molecule has 0 spiro atoms. The van der Waals surface area contributed by atoms with E-state index in [2.05, 4.69) is 5.32 Å². The average Bonchev–Trinajstić information content (AvgIpc) is 2.75. The number of Topliss-reactive ketones (excluding diaryl/α,β-unsaturated/α-hetero) is 1. The standard InChI is InChI=1S/C23H23FN2O3S/c1-3-26(20-7-5-4-6-8-20)30(28,29)21-13-11-19(12-14-21)25-16-23(27)18-10-9-17(2)22(24)15-18/h4-15,25H,3,16H2,1-2H3. The maximum Gasteiger partial charge on any atom is 0.264 e. The van der Waals surface area contributed by atoms with Gasteiger partial charge in [-0.25, -0.2) is 12.8 Å². The van der Waals surface area contributed by atoms with Crippen LogP contribution in [-0.2, 0) is 10.0 Å². The smallest absolute Gasteiger partial charge is 0.264 e. The number of nitrogens with one attached hydrogen (secondary N) is 1. The lowest BCUT2D eigenvalue weighted by Gasteiger charge is -2.23. The third-order valence-electron chi connectivity index (χ3n) is 4.72. The molecular formula is C23H23FN2O3S. The summed E-state index contributed by atoms with van der Waals surface area (Å²) in [6, 6.07) is 19.5. The van der Waals surface area contributed by atoms with E-state index in [0.29, 0.717) is 23.5 Å². The normalized spacial score (nSPS) is 11.2. The summed E-state index contributed by atoms with van der Waals surface area (Å²) in [6.07, 6.45) is 0. The van der Waals surface area contributed by atoms with Crippen molar-refractivity contribution < 1.29 is 17.6 Å². The first-order chi connectivity index (χ1) is 14.3. The van der Waals surface area contributed by atoms with Crippen LogP contribution in [0.4, 0.5) is 15.8 Å². The molecule has 7 heteroatoms. The molecule has 0 saturated heterocycles. The summed E-state index contributed by atoms with van der Waals surface area (Å²) in [5.74, 6) is -0.680. The number of ketones is 1. The zero-order chi connectivity index (χ0) is 21.7. The molecule has 0 aliphatic carbocycles. The van der Waals surface area contributed by atoms with Crippen LogP contribution in [0.2, 0.25) is 0 Å². The summed E-state index contributed by atoms with van der Waals surface area (Å²) in [4.78, 5) is 12.4. The van der Waals surface area contributed by atoms with Crippen molar-refractivity contribution in [3.8, 4) is 0 Å². The molecule has 30 heavy (non-hydrogen) atoms. The van der Waals surface area contributed by atoms with Crippen LogP contribution in [0.25, 0.3) is 0 Å². The Morgan fingerprint density at radius 1 is 1.00 bits per heavy atom. The number of para-hydroxylation sites is 1. The summed E-state index contributed by atoms with van der Waals surface area (Å²) in [5, 5.41) is 2.95. The van der Waals surface area contributed by atoms with Crippen LogP contribution in [-0.4, -0.2) is 27.3 Å². The highest BCUT2D eigenvalue weighted by Crippen LogP contribution is 2.24. The van der Waals surface area contributed by atoms with E-state index in [0.717, 1.165) is 0 Å². The molecule has 0 amide bonds. The lowest BCUT2D eigenvalue weighted by Crippen LogP contribution is -2.30. The van der Waals surface area contributed by atoms with Gasteiger partial charge >= 0.3 is 0 Å². The Hall–Kier alpha value is -3.19. The predicted octanol–water partition coefficient (Wildman–Crippen LogP) is 4.64. The van der Waals surface area contributed by atoms with Gasteiger partial charge in [-0.2, -0.15) is 0 Å². The fourth-order valence-electron chi connectivity index (χ4n) is 3.01. The monoisotopic (exact) mass is 426 g/mol. The van der Waals surface area contributed by atoms with Crippen LogP contribution < -0.4 is 9.62 Å². The number of rotatable bonds is 8. The first kappa shape index (κ1) is 21.5. The van der Waals surface area contributed by atoms with Gasteiger partial charge in [0.2, 0.25) is 0 Å². The van der Waals surface area contributed by atoms with Crippen molar-refractivity contribution in [1.29, 1.82) is 0 Å². The molecule has 3 aromatic carbocycles. The molecule has 0 radical (unpaired) electrons. The maximum atomic E-state index is 13.6. The van der Waals surface area contributed by atoms with Crippen molar-refractivity contribution >= 4 is 27.2 Å². The Morgan fingerprint density at radius 3 is 2.27 bits per heavy atom. The molecule has 0 aliphatic heterocycles. The van der Waals surface area contributed by atoms with Gasteiger partial charge in [-0.3, -0.25) is 9.10 Å². The van der Waals surface area contributed by atoms with Crippen LogP contribution in [0.15, 0.2) is 77.7 Å². The van der Waals surface area contributed by atoms with Crippen molar-refractivity contribution in [2.45, 2.75) is 18.7 Å². The predicted molar refractivity (Wildman–Crippen MR) is 117 cm³/mol. The second-order valence-corrected chi connectivity index (χ2v) is 8.63. The molecule has 0 bridgehead atoms. The highest BCUT2D eigenvalue weighted by Gasteiger charge is 2.23. The van der Waals surface area contributed by atoms with E-state index in [9.17, 15) is 17.6 Å².